The van der Waals surface area contributed by atoms with Crippen molar-refractivity contribution in [3.63, 3.8) is 0 Å². The number of fused-ring (bicyclic) bond motifs is 2. The van der Waals surface area contributed by atoms with E-state index in [2.05, 4.69) is 10.3 Å². The van der Waals surface area contributed by atoms with E-state index in [4.69, 9.17) is 0 Å². The molecule has 24 heavy (non-hydrogen) atoms. The van der Waals surface area contributed by atoms with E-state index in [1.54, 1.807) is 18.0 Å². The van der Waals surface area contributed by atoms with Gasteiger partial charge in [0.15, 0.2) is 5.78 Å². The number of aromatic amines is 1. The number of carbonyl (C=O) groups excluding carboxylic acids is 2. The Hall–Kier alpha value is -3.08. The van der Waals surface area contributed by atoms with Crippen LogP contribution in [0.5, 0.6) is 0 Å². The number of ketones is 1. The lowest BCUT2D eigenvalue weighted by Crippen LogP contribution is -2.47. The molecule has 0 fully saturated rings. The summed E-state index contributed by atoms with van der Waals surface area (Å²) in [7, 11) is 0. The zero-order chi connectivity index (χ0) is 16.7. The van der Waals surface area contributed by atoms with Crippen molar-refractivity contribution >= 4 is 34.0 Å². The van der Waals surface area contributed by atoms with Gasteiger partial charge in [0, 0.05) is 22.7 Å². The Balaban J connectivity index is 1.69. The van der Waals surface area contributed by atoms with Gasteiger partial charge in [-0.05, 0) is 25.1 Å². The number of anilines is 2. The molecule has 1 aliphatic heterocycles. The van der Waals surface area contributed by atoms with Crippen molar-refractivity contribution in [2.24, 2.45) is 0 Å². The van der Waals surface area contributed by atoms with E-state index in [9.17, 15) is 9.59 Å². The lowest BCUT2D eigenvalue weighted by molar-refractivity contribution is -0.119. The average molecular weight is 319 g/mol. The molecule has 1 unspecified atom stereocenters. The largest absolute Gasteiger partial charge is 0.372 e. The van der Waals surface area contributed by atoms with Crippen LogP contribution in [-0.2, 0) is 4.79 Å². The maximum atomic E-state index is 12.8. The van der Waals surface area contributed by atoms with E-state index in [1.807, 2.05) is 48.5 Å². The van der Waals surface area contributed by atoms with Crippen LogP contribution in [0.3, 0.4) is 0 Å². The minimum atomic E-state index is -0.351. The van der Waals surface area contributed by atoms with Crippen molar-refractivity contribution < 1.29 is 9.59 Å². The van der Waals surface area contributed by atoms with Crippen molar-refractivity contribution in [1.82, 2.24) is 4.98 Å². The van der Waals surface area contributed by atoms with Crippen LogP contribution in [0.2, 0.25) is 0 Å². The number of aromatic nitrogens is 1. The molecule has 0 spiro atoms. The van der Waals surface area contributed by atoms with Gasteiger partial charge in [0.1, 0.15) is 6.04 Å². The zero-order valence-electron chi connectivity index (χ0n) is 13.2. The highest BCUT2D eigenvalue weighted by atomic mass is 16.2. The number of benzene rings is 2. The summed E-state index contributed by atoms with van der Waals surface area (Å²) in [5.74, 6) is -0.174. The number of hydrogen-bond acceptors (Lipinski definition) is 3. The highest BCUT2D eigenvalue weighted by Gasteiger charge is 2.31. The van der Waals surface area contributed by atoms with Crippen molar-refractivity contribution in [2.75, 3.05) is 16.8 Å². The first-order valence-electron chi connectivity index (χ1n) is 7.91. The van der Waals surface area contributed by atoms with Gasteiger partial charge in [0.05, 0.1) is 17.9 Å². The molecule has 1 atom stereocenters. The number of amides is 1. The second-order valence-corrected chi connectivity index (χ2v) is 5.98. The number of nitrogens with zero attached hydrogens (tertiary/aromatic N) is 1. The quantitative estimate of drug-likeness (QED) is 0.729. The van der Waals surface area contributed by atoms with Crippen molar-refractivity contribution in [1.29, 1.82) is 0 Å². The summed E-state index contributed by atoms with van der Waals surface area (Å²) in [6.07, 6.45) is 1.72. The molecule has 2 N–H and O–H groups in total. The molecule has 0 aliphatic carbocycles. The van der Waals surface area contributed by atoms with Crippen molar-refractivity contribution in [3.8, 4) is 0 Å². The predicted octanol–water partition coefficient (Wildman–Crippen LogP) is 3.20. The Labute approximate surface area is 139 Å². The first-order chi connectivity index (χ1) is 11.6. The topological polar surface area (TPSA) is 65.2 Å². The smallest absolute Gasteiger partial charge is 0.249 e. The zero-order valence-corrected chi connectivity index (χ0v) is 13.2. The SMILES string of the molecule is CC1Nc2ccccc2N(CC(=O)c2c[nH]c3ccccc23)C1=O. The number of hydrogen-bond donors (Lipinski definition) is 2. The third-order valence-electron chi connectivity index (χ3n) is 4.39. The molecule has 120 valence electrons. The van der Waals surface area contributed by atoms with Gasteiger partial charge in [-0.1, -0.05) is 30.3 Å². The molecular weight excluding hydrogens is 302 g/mol. The normalized spacial score (nSPS) is 16.8. The minimum absolute atomic E-state index is 0.0315. The fourth-order valence-electron chi connectivity index (χ4n) is 3.17. The molecule has 5 heteroatoms. The molecule has 1 amide bonds. The molecule has 0 radical (unpaired) electrons. The van der Waals surface area contributed by atoms with E-state index in [1.165, 1.54) is 0 Å². The summed E-state index contributed by atoms with van der Waals surface area (Å²) in [6, 6.07) is 14.9. The van der Waals surface area contributed by atoms with Crippen molar-refractivity contribution in [2.45, 2.75) is 13.0 Å². The average Bonchev–Trinajstić information content (AvgIpc) is 3.03. The fraction of sp³-hybridized carbons (Fsp3) is 0.158. The summed E-state index contributed by atoms with van der Waals surface area (Å²) in [4.78, 5) is 30.1. The molecule has 3 aromatic rings. The van der Waals surface area contributed by atoms with Gasteiger partial charge in [0.25, 0.3) is 0 Å². The van der Waals surface area contributed by atoms with Crippen molar-refractivity contribution in [3.05, 3.63) is 60.3 Å². The highest BCUT2D eigenvalue weighted by molar-refractivity contribution is 6.14. The number of para-hydroxylation sites is 3. The first kappa shape index (κ1) is 14.5. The third kappa shape index (κ3) is 2.25. The number of H-pyrrole nitrogens is 1. The van der Waals surface area contributed by atoms with Crippen LogP contribution in [0.25, 0.3) is 10.9 Å². The molecule has 1 aromatic heterocycles. The van der Waals surface area contributed by atoms with Crippen LogP contribution in [0.4, 0.5) is 11.4 Å². The fourth-order valence-corrected chi connectivity index (χ4v) is 3.17. The first-order valence-corrected chi connectivity index (χ1v) is 7.91. The molecule has 5 nitrogen and oxygen atoms in total. The highest BCUT2D eigenvalue weighted by Crippen LogP contribution is 2.31. The maximum absolute atomic E-state index is 12.8. The third-order valence-corrected chi connectivity index (χ3v) is 4.39. The second kappa shape index (κ2) is 5.53. The van der Waals surface area contributed by atoms with Gasteiger partial charge in [-0.2, -0.15) is 0 Å². The number of nitrogens with one attached hydrogen (secondary N) is 2. The van der Waals surface area contributed by atoms with Gasteiger partial charge in [0.2, 0.25) is 5.91 Å². The Morgan fingerprint density at radius 3 is 2.75 bits per heavy atom. The summed E-state index contributed by atoms with van der Waals surface area (Å²) in [5, 5.41) is 4.05. The molecule has 0 saturated carbocycles. The number of Topliss-reactive ketones (excluding diaryl/α,β-unsaturated/α-hetero) is 1. The molecule has 2 heterocycles. The summed E-state index contributed by atoms with van der Waals surface area (Å²) >= 11 is 0. The molecule has 1 aliphatic rings. The maximum Gasteiger partial charge on any atom is 0.249 e. The van der Waals surface area contributed by atoms with Gasteiger partial charge < -0.3 is 15.2 Å². The number of rotatable bonds is 3. The van der Waals surface area contributed by atoms with E-state index in [0.717, 1.165) is 22.3 Å². The van der Waals surface area contributed by atoms with Crippen LogP contribution >= 0.6 is 0 Å². The lowest BCUT2D eigenvalue weighted by atomic mass is 10.1. The molecule has 0 saturated heterocycles. The van der Waals surface area contributed by atoms with Gasteiger partial charge in [-0.3, -0.25) is 9.59 Å². The monoisotopic (exact) mass is 319 g/mol. The Bertz CT molecular complexity index is 944. The molecule has 4 rings (SSSR count). The van der Waals surface area contributed by atoms with Crippen LogP contribution < -0.4 is 10.2 Å². The molecule has 0 bridgehead atoms. The standard InChI is InChI=1S/C19H17N3O2/c1-12-19(24)22(17-9-5-4-8-16(17)21-12)11-18(23)14-10-20-15-7-3-2-6-13(14)15/h2-10,12,20-21H,11H2,1H3. The summed E-state index contributed by atoms with van der Waals surface area (Å²) in [5.41, 5.74) is 3.15. The summed E-state index contributed by atoms with van der Waals surface area (Å²) in [6.45, 7) is 1.84. The van der Waals surface area contributed by atoms with Gasteiger partial charge in [-0.15, -0.1) is 0 Å². The van der Waals surface area contributed by atoms with Gasteiger partial charge in [-0.25, -0.2) is 0 Å². The second-order valence-electron chi connectivity index (χ2n) is 5.98. The molecule has 2 aromatic carbocycles. The minimum Gasteiger partial charge on any atom is -0.372 e. The predicted molar refractivity (Wildman–Crippen MR) is 94.5 cm³/mol. The Kier molecular flexibility index (Phi) is 3.34. The summed E-state index contributed by atoms with van der Waals surface area (Å²) < 4.78 is 0. The Morgan fingerprint density at radius 2 is 1.88 bits per heavy atom. The van der Waals surface area contributed by atoms with E-state index >= 15 is 0 Å². The number of carbonyl (C=O) groups is 2. The van der Waals surface area contributed by atoms with Gasteiger partial charge >= 0.3 is 0 Å². The van der Waals surface area contributed by atoms with Crippen LogP contribution in [0.1, 0.15) is 17.3 Å². The van der Waals surface area contributed by atoms with E-state index in [-0.39, 0.29) is 24.3 Å². The van der Waals surface area contributed by atoms with E-state index < -0.39 is 0 Å². The molecular formula is C19H17N3O2. The van der Waals surface area contributed by atoms with E-state index in [0.29, 0.717) is 5.56 Å². The van der Waals surface area contributed by atoms with Crippen LogP contribution in [0.15, 0.2) is 54.7 Å². The van der Waals surface area contributed by atoms with Crippen LogP contribution in [0, 0.1) is 0 Å². The van der Waals surface area contributed by atoms with Crippen LogP contribution in [-0.4, -0.2) is 29.3 Å². The lowest BCUT2D eigenvalue weighted by Gasteiger charge is -2.33. The Morgan fingerprint density at radius 1 is 1.12 bits per heavy atom.